The van der Waals surface area contributed by atoms with Crippen LogP contribution in [0.1, 0.15) is 11.3 Å². The third-order valence-corrected chi connectivity index (χ3v) is 4.32. The SMILES string of the molecule is COc1ccc(CCNc2nc(C)cc(N3CCOCC3)n2)cc1OC. The summed E-state index contributed by atoms with van der Waals surface area (Å²) in [6, 6.07) is 7.98. The van der Waals surface area contributed by atoms with E-state index >= 15 is 0 Å². The third-order valence-electron chi connectivity index (χ3n) is 4.32. The molecule has 1 fully saturated rings. The summed E-state index contributed by atoms with van der Waals surface area (Å²) >= 11 is 0. The first-order valence-electron chi connectivity index (χ1n) is 8.83. The minimum absolute atomic E-state index is 0.659. The lowest BCUT2D eigenvalue weighted by Gasteiger charge is -2.28. The minimum atomic E-state index is 0.659. The van der Waals surface area contributed by atoms with Gasteiger partial charge in [-0.3, -0.25) is 0 Å². The van der Waals surface area contributed by atoms with E-state index in [0.717, 1.165) is 67.8 Å². The normalized spacial score (nSPS) is 14.2. The summed E-state index contributed by atoms with van der Waals surface area (Å²) in [5.41, 5.74) is 2.12. The summed E-state index contributed by atoms with van der Waals surface area (Å²) in [7, 11) is 3.29. The molecule has 140 valence electrons. The fourth-order valence-electron chi connectivity index (χ4n) is 2.94. The average Bonchev–Trinajstić information content (AvgIpc) is 2.68. The molecule has 26 heavy (non-hydrogen) atoms. The van der Waals surface area contributed by atoms with Crippen LogP contribution in [-0.2, 0) is 11.2 Å². The Hall–Kier alpha value is -2.54. The number of methoxy groups -OCH3 is 2. The van der Waals surface area contributed by atoms with Gasteiger partial charge in [0.1, 0.15) is 5.82 Å². The van der Waals surface area contributed by atoms with Crippen molar-refractivity contribution >= 4 is 11.8 Å². The molecule has 2 heterocycles. The zero-order valence-electron chi connectivity index (χ0n) is 15.6. The Kier molecular flexibility index (Phi) is 6.12. The Bertz CT molecular complexity index is 733. The summed E-state index contributed by atoms with van der Waals surface area (Å²) in [4.78, 5) is 11.4. The number of ether oxygens (including phenoxy) is 3. The maximum Gasteiger partial charge on any atom is 0.224 e. The Morgan fingerprint density at radius 3 is 2.58 bits per heavy atom. The zero-order valence-corrected chi connectivity index (χ0v) is 15.6. The Labute approximate surface area is 154 Å². The highest BCUT2D eigenvalue weighted by atomic mass is 16.5. The quantitative estimate of drug-likeness (QED) is 0.814. The molecule has 7 heteroatoms. The predicted molar refractivity (Wildman–Crippen MR) is 102 cm³/mol. The number of nitrogens with zero attached hydrogens (tertiary/aromatic N) is 3. The second kappa shape index (κ2) is 8.71. The van der Waals surface area contributed by atoms with Crippen LogP contribution in [0.25, 0.3) is 0 Å². The number of benzene rings is 1. The van der Waals surface area contributed by atoms with E-state index in [4.69, 9.17) is 14.2 Å². The van der Waals surface area contributed by atoms with E-state index in [-0.39, 0.29) is 0 Å². The second-order valence-corrected chi connectivity index (χ2v) is 6.16. The molecule has 0 unspecified atom stereocenters. The molecule has 1 saturated heterocycles. The number of anilines is 2. The highest BCUT2D eigenvalue weighted by Gasteiger charge is 2.14. The number of aryl methyl sites for hydroxylation is 1. The van der Waals surface area contributed by atoms with E-state index in [1.54, 1.807) is 14.2 Å². The topological polar surface area (TPSA) is 68.7 Å². The monoisotopic (exact) mass is 358 g/mol. The molecule has 7 nitrogen and oxygen atoms in total. The first-order valence-corrected chi connectivity index (χ1v) is 8.83. The van der Waals surface area contributed by atoms with Crippen LogP contribution in [0.5, 0.6) is 11.5 Å². The van der Waals surface area contributed by atoms with Gasteiger partial charge in [0, 0.05) is 31.4 Å². The molecule has 0 aliphatic carbocycles. The first kappa shape index (κ1) is 18.3. The Morgan fingerprint density at radius 2 is 1.85 bits per heavy atom. The van der Waals surface area contributed by atoms with Crippen molar-refractivity contribution in [2.45, 2.75) is 13.3 Å². The van der Waals surface area contributed by atoms with Crippen LogP contribution in [-0.4, -0.2) is 57.0 Å². The number of hydrogen-bond acceptors (Lipinski definition) is 7. The Morgan fingerprint density at radius 1 is 1.08 bits per heavy atom. The predicted octanol–water partition coefficient (Wildman–Crippen LogP) is 2.29. The molecular weight excluding hydrogens is 332 g/mol. The molecule has 0 saturated carbocycles. The maximum absolute atomic E-state index is 5.41. The molecule has 2 aromatic rings. The number of hydrogen-bond donors (Lipinski definition) is 1. The van der Waals surface area contributed by atoms with Crippen LogP contribution < -0.4 is 19.7 Å². The zero-order chi connectivity index (χ0) is 18.4. The largest absolute Gasteiger partial charge is 0.493 e. The van der Waals surface area contributed by atoms with Gasteiger partial charge >= 0.3 is 0 Å². The van der Waals surface area contributed by atoms with Crippen molar-refractivity contribution in [3.8, 4) is 11.5 Å². The summed E-state index contributed by atoms with van der Waals surface area (Å²) in [5, 5.41) is 3.33. The summed E-state index contributed by atoms with van der Waals surface area (Å²) in [6.45, 7) is 5.94. The van der Waals surface area contributed by atoms with Gasteiger partial charge < -0.3 is 24.4 Å². The van der Waals surface area contributed by atoms with Gasteiger partial charge in [0.05, 0.1) is 27.4 Å². The lowest BCUT2D eigenvalue weighted by molar-refractivity contribution is 0.122. The van der Waals surface area contributed by atoms with Gasteiger partial charge in [-0.1, -0.05) is 6.07 Å². The number of rotatable bonds is 7. The first-order chi connectivity index (χ1) is 12.7. The van der Waals surface area contributed by atoms with E-state index < -0.39 is 0 Å². The number of aromatic nitrogens is 2. The molecular formula is C19H26N4O3. The van der Waals surface area contributed by atoms with Crippen molar-refractivity contribution in [2.24, 2.45) is 0 Å². The van der Waals surface area contributed by atoms with Gasteiger partial charge in [0.2, 0.25) is 5.95 Å². The molecule has 1 aliphatic heterocycles. The molecule has 1 aliphatic rings. The minimum Gasteiger partial charge on any atom is -0.493 e. The number of morpholine rings is 1. The third kappa shape index (κ3) is 4.54. The molecule has 1 aromatic carbocycles. The van der Waals surface area contributed by atoms with Crippen LogP contribution in [0.3, 0.4) is 0 Å². The van der Waals surface area contributed by atoms with Crippen molar-refractivity contribution in [1.29, 1.82) is 0 Å². The van der Waals surface area contributed by atoms with Gasteiger partial charge in [-0.25, -0.2) is 4.98 Å². The maximum atomic E-state index is 5.41. The van der Waals surface area contributed by atoms with E-state index in [1.807, 2.05) is 31.2 Å². The van der Waals surface area contributed by atoms with E-state index in [2.05, 4.69) is 20.2 Å². The van der Waals surface area contributed by atoms with Gasteiger partial charge in [-0.2, -0.15) is 4.98 Å². The fourth-order valence-corrected chi connectivity index (χ4v) is 2.94. The highest BCUT2D eigenvalue weighted by molar-refractivity contribution is 5.46. The van der Waals surface area contributed by atoms with Gasteiger partial charge in [-0.15, -0.1) is 0 Å². The highest BCUT2D eigenvalue weighted by Crippen LogP contribution is 2.27. The van der Waals surface area contributed by atoms with Crippen LogP contribution >= 0.6 is 0 Å². The van der Waals surface area contributed by atoms with Gasteiger partial charge in [-0.05, 0) is 31.0 Å². The Balaban J connectivity index is 1.62. The fraction of sp³-hybridized carbons (Fsp3) is 0.474. The van der Waals surface area contributed by atoms with Crippen LogP contribution in [0.2, 0.25) is 0 Å². The van der Waals surface area contributed by atoms with Crippen molar-refractivity contribution in [1.82, 2.24) is 9.97 Å². The van der Waals surface area contributed by atoms with Crippen LogP contribution in [0, 0.1) is 6.92 Å². The summed E-state index contributed by atoms with van der Waals surface area (Å²) in [5.74, 6) is 3.09. The van der Waals surface area contributed by atoms with E-state index in [9.17, 15) is 0 Å². The van der Waals surface area contributed by atoms with Crippen LogP contribution in [0.15, 0.2) is 24.3 Å². The summed E-state index contributed by atoms with van der Waals surface area (Å²) in [6.07, 6.45) is 0.838. The van der Waals surface area contributed by atoms with Crippen molar-refractivity contribution in [3.63, 3.8) is 0 Å². The van der Waals surface area contributed by atoms with E-state index in [0.29, 0.717) is 5.95 Å². The molecule has 0 bridgehead atoms. The van der Waals surface area contributed by atoms with Gasteiger partial charge in [0.25, 0.3) is 0 Å². The van der Waals surface area contributed by atoms with Crippen molar-refractivity contribution < 1.29 is 14.2 Å². The molecule has 0 amide bonds. The van der Waals surface area contributed by atoms with Crippen molar-refractivity contribution in [2.75, 3.05) is 57.3 Å². The molecule has 3 rings (SSSR count). The van der Waals surface area contributed by atoms with Crippen LogP contribution in [0.4, 0.5) is 11.8 Å². The smallest absolute Gasteiger partial charge is 0.224 e. The van der Waals surface area contributed by atoms with E-state index in [1.165, 1.54) is 0 Å². The van der Waals surface area contributed by atoms with Crippen molar-refractivity contribution in [3.05, 3.63) is 35.5 Å². The summed E-state index contributed by atoms with van der Waals surface area (Å²) < 4.78 is 16.0. The molecule has 0 radical (unpaired) electrons. The molecule has 0 atom stereocenters. The molecule has 1 aromatic heterocycles. The second-order valence-electron chi connectivity index (χ2n) is 6.16. The lowest BCUT2D eigenvalue weighted by atomic mass is 10.1. The van der Waals surface area contributed by atoms with Gasteiger partial charge in [0.15, 0.2) is 11.5 Å². The lowest BCUT2D eigenvalue weighted by Crippen LogP contribution is -2.37. The average molecular weight is 358 g/mol. The molecule has 1 N–H and O–H groups in total. The number of nitrogens with one attached hydrogen (secondary N) is 1. The molecule has 0 spiro atoms. The standard InChI is InChI=1S/C19H26N4O3/c1-14-12-18(23-8-10-26-11-9-23)22-19(21-14)20-7-6-15-4-5-16(24-2)17(13-15)25-3/h4-5,12-13H,6-11H2,1-3H3,(H,20,21,22).